The molecule has 1 amide bonds. The van der Waals surface area contributed by atoms with Crippen LogP contribution in [0, 0.1) is 5.92 Å². The van der Waals surface area contributed by atoms with E-state index in [4.69, 9.17) is 4.74 Å². The summed E-state index contributed by atoms with van der Waals surface area (Å²) in [5, 5.41) is 6.04. The highest BCUT2D eigenvalue weighted by molar-refractivity contribution is 5.94. The number of hydrogen-bond donors (Lipinski definition) is 2. The quantitative estimate of drug-likeness (QED) is 0.516. The molecular weight excluding hydrogens is 418 g/mol. The number of anilines is 2. The van der Waals surface area contributed by atoms with E-state index in [1.54, 1.807) is 19.2 Å². The molecule has 33 heavy (non-hydrogen) atoms. The van der Waals surface area contributed by atoms with Crippen LogP contribution in [-0.2, 0) is 13.1 Å². The molecule has 0 atom stereocenters. The molecule has 1 heterocycles. The molecule has 0 radical (unpaired) electrons. The second-order valence-corrected chi connectivity index (χ2v) is 8.63. The number of benzene rings is 2. The molecule has 7 heteroatoms. The number of carbonyl (C=O) groups is 1. The van der Waals surface area contributed by atoms with Crippen LogP contribution in [0.15, 0.2) is 58.1 Å². The third-order valence-corrected chi connectivity index (χ3v) is 6.28. The topological polar surface area (TPSA) is 87.7 Å². The van der Waals surface area contributed by atoms with Gasteiger partial charge in [0, 0.05) is 31.7 Å². The highest BCUT2D eigenvalue weighted by Gasteiger charge is 2.28. The fraction of sp³-hybridized carbons (Fsp3) is 0.346. The van der Waals surface area contributed by atoms with E-state index >= 15 is 0 Å². The van der Waals surface area contributed by atoms with Gasteiger partial charge in [-0.2, -0.15) is 0 Å². The first kappa shape index (κ1) is 22.6. The summed E-state index contributed by atoms with van der Waals surface area (Å²) in [6.07, 6.45) is 2.06. The molecule has 172 valence electrons. The van der Waals surface area contributed by atoms with Gasteiger partial charge in [-0.15, -0.1) is 0 Å². The molecule has 1 aliphatic rings. The Bertz CT molecular complexity index is 1170. The van der Waals surface area contributed by atoms with E-state index in [1.807, 2.05) is 41.3 Å². The molecule has 0 spiro atoms. The van der Waals surface area contributed by atoms with Crippen molar-refractivity contribution in [1.29, 1.82) is 0 Å². The zero-order valence-electron chi connectivity index (χ0n) is 19.0. The van der Waals surface area contributed by atoms with E-state index in [2.05, 4.69) is 17.6 Å². The Balaban J connectivity index is 1.32. The van der Waals surface area contributed by atoms with Crippen molar-refractivity contribution in [2.24, 2.45) is 5.92 Å². The fourth-order valence-electron chi connectivity index (χ4n) is 4.07. The smallest absolute Gasteiger partial charge is 0.253 e. The van der Waals surface area contributed by atoms with Crippen molar-refractivity contribution in [3.8, 4) is 5.75 Å². The third kappa shape index (κ3) is 5.08. The number of carbonyl (C=O) groups excluding carboxylic acids is 1. The van der Waals surface area contributed by atoms with E-state index in [-0.39, 0.29) is 5.91 Å². The molecule has 1 saturated heterocycles. The van der Waals surface area contributed by atoms with E-state index < -0.39 is 10.9 Å². The minimum atomic E-state index is -0.446. The number of rotatable bonds is 8. The van der Waals surface area contributed by atoms with Gasteiger partial charge < -0.3 is 20.3 Å². The zero-order chi connectivity index (χ0) is 23.4. The molecule has 0 aliphatic carbocycles. The van der Waals surface area contributed by atoms with Crippen LogP contribution in [0.4, 0.5) is 11.4 Å². The minimum Gasteiger partial charge on any atom is -0.497 e. The summed E-state index contributed by atoms with van der Waals surface area (Å²) in [4.78, 5) is 38.7. The maximum atomic E-state index is 12.4. The lowest BCUT2D eigenvalue weighted by Gasteiger charge is -2.33. The van der Waals surface area contributed by atoms with Crippen LogP contribution in [0.1, 0.15) is 41.3 Å². The van der Waals surface area contributed by atoms with Crippen LogP contribution in [0.5, 0.6) is 5.75 Å². The van der Waals surface area contributed by atoms with Crippen LogP contribution in [0.25, 0.3) is 0 Å². The van der Waals surface area contributed by atoms with E-state index in [0.29, 0.717) is 35.9 Å². The Morgan fingerprint density at radius 1 is 0.939 bits per heavy atom. The zero-order valence-corrected chi connectivity index (χ0v) is 19.0. The highest BCUT2D eigenvalue weighted by atomic mass is 16.5. The Kier molecular flexibility index (Phi) is 6.77. The number of nitrogens with one attached hydrogen (secondary N) is 2. The van der Waals surface area contributed by atoms with E-state index in [0.717, 1.165) is 42.8 Å². The Hall–Kier alpha value is -3.61. The Morgan fingerprint density at radius 3 is 2.18 bits per heavy atom. The maximum absolute atomic E-state index is 12.4. The molecule has 1 fully saturated rings. The van der Waals surface area contributed by atoms with Gasteiger partial charge >= 0.3 is 0 Å². The number of nitrogens with zero attached hydrogens (tertiary/aromatic N) is 1. The first-order valence-electron chi connectivity index (χ1n) is 11.3. The standard InChI is InChI=1S/C26H29N3O4/c1-17-11-13-29(14-12-17)23-22(24(30)25(23)31)27-15-18-3-7-20(8-4-18)26(32)28-16-19-5-9-21(33-2)10-6-19/h3-10,17,27H,11-16H2,1-2H3,(H,28,32). The van der Waals surface area contributed by atoms with Gasteiger partial charge in [-0.25, -0.2) is 0 Å². The van der Waals surface area contributed by atoms with Crippen molar-refractivity contribution >= 4 is 17.3 Å². The lowest BCUT2D eigenvalue weighted by Crippen LogP contribution is -2.45. The molecule has 0 bridgehead atoms. The first-order chi connectivity index (χ1) is 16.0. The molecular formula is C26H29N3O4. The van der Waals surface area contributed by atoms with Gasteiger partial charge in [0.05, 0.1) is 7.11 Å². The predicted octanol–water partition coefficient (Wildman–Crippen LogP) is 3.07. The van der Waals surface area contributed by atoms with E-state index in [1.165, 1.54) is 0 Å². The monoisotopic (exact) mass is 447 g/mol. The largest absolute Gasteiger partial charge is 0.497 e. The van der Waals surface area contributed by atoms with Crippen molar-refractivity contribution in [2.75, 3.05) is 30.4 Å². The molecule has 7 nitrogen and oxygen atoms in total. The highest BCUT2D eigenvalue weighted by Crippen LogP contribution is 2.26. The molecule has 4 rings (SSSR count). The van der Waals surface area contributed by atoms with E-state index in [9.17, 15) is 14.4 Å². The summed E-state index contributed by atoms with van der Waals surface area (Å²) in [5.41, 5.74) is 2.57. The number of hydrogen-bond acceptors (Lipinski definition) is 6. The average molecular weight is 448 g/mol. The minimum absolute atomic E-state index is 0.158. The Morgan fingerprint density at radius 2 is 1.55 bits per heavy atom. The van der Waals surface area contributed by atoms with Gasteiger partial charge in [0.2, 0.25) is 0 Å². The predicted molar refractivity (Wildman–Crippen MR) is 130 cm³/mol. The van der Waals surface area contributed by atoms with Gasteiger partial charge in [0.25, 0.3) is 16.8 Å². The number of piperidine rings is 1. The SMILES string of the molecule is COc1ccc(CNC(=O)c2ccc(CNc3c(N4CCC(C)CC4)c(=O)c3=O)cc2)cc1. The molecule has 2 N–H and O–H groups in total. The number of amides is 1. The van der Waals surface area contributed by atoms with Crippen molar-refractivity contribution in [3.63, 3.8) is 0 Å². The molecule has 1 aliphatic heterocycles. The van der Waals surface area contributed by atoms with Crippen molar-refractivity contribution < 1.29 is 9.53 Å². The third-order valence-electron chi connectivity index (χ3n) is 6.28. The second-order valence-electron chi connectivity index (χ2n) is 8.63. The van der Waals surface area contributed by atoms with Crippen LogP contribution >= 0.6 is 0 Å². The van der Waals surface area contributed by atoms with Gasteiger partial charge in [0.1, 0.15) is 17.1 Å². The Labute approximate surface area is 193 Å². The van der Waals surface area contributed by atoms with Gasteiger partial charge in [-0.05, 0) is 54.2 Å². The first-order valence-corrected chi connectivity index (χ1v) is 11.3. The molecule has 0 unspecified atom stereocenters. The molecule has 3 aromatic rings. The van der Waals surface area contributed by atoms with Gasteiger partial charge in [-0.1, -0.05) is 31.2 Å². The van der Waals surface area contributed by atoms with Crippen molar-refractivity contribution in [2.45, 2.75) is 32.9 Å². The van der Waals surface area contributed by atoms with Crippen molar-refractivity contribution in [3.05, 3.63) is 85.7 Å². The summed E-state index contributed by atoms with van der Waals surface area (Å²) in [6.45, 7) is 4.66. The number of ether oxygens (including phenoxy) is 1. The van der Waals surface area contributed by atoms with Crippen LogP contribution in [0.2, 0.25) is 0 Å². The normalized spacial score (nSPS) is 14.3. The van der Waals surface area contributed by atoms with Crippen molar-refractivity contribution in [1.82, 2.24) is 5.32 Å². The summed E-state index contributed by atoms with van der Waals surface area (Å²) in [5.74, 6) is 1.26. The van der Waals surface area contributed by atoms with Gasteiger partial charge in [0.15, 0.2) is 0 Å². The summed E-state index contributed by atoms with van der Waals surface area (Å²) in [6, 6.07) is 14.8. The molecule has 3 aromatic carbocycles. The van der Waals surface area contributed by atoms with Gasteiger partial charge in [-0.3, -0.25) is 14.4 Å². The summed E-state index contributed by atoms with van der Waals surface area (Å²) >= 11 is 0. The maximum Gasteiger partial charge on any atom is 0.253 e. The lowest BCUT2D eigenvalue weighted by atomic mass is 9.98. The fourth-order valence-corrected chi connectivity index (χ4v) is 4.07. The lowest BCUT2D eigenvalue weighted by molar-refractivity contribution is 0.0951. The second kappa shape index (κ2) is 9.90. The summed E-state index contributed by atoms with van der Waals surface area (Å²) in [7, 11) is 1.62. The summed E-state index contributed by atoms with van der Waals surface area (Å²) < 4.78 is 5.14. The van der Waals surface area contributed by atoms with Crippen LogP contribution < -0.4 is 31.1 Å². The number of methoxy groups -OCH3 is 1. The average Bonchev–Trinajstić information content (AvgIpc) is 2.86. The molecule has 0 aromatic heterocycles. The van der Waals surface area contributed by atoms with Crippen LogP contribution in [0.3, 0.4) is 0 Å². The molecule has 0 saturated carbocycles. The van der Waals surface area contributed by atoms with Crippen LogP contribution in [-0.4, -0.2) is 26.1 Å².